The van der Waals surface area contributed by atoms with Gasteiger partial charge in [0.2, 0.25) is 0 Å². The van der Waals surface area contributed by atoms with Crippen LogP contribution < -0.4 is 14.9 Å². The van der Waals surface area contributed by atoms with Crippen LogP contribution in [-0.2, 0) is 0 Å². The lowest BCUT2D eigenvalue weighted by atomic mass is 10.2. The van der Waals surface area contributed by atoms with E-state index in [0.717, 1.165) is 11.1 Å². The van der Waals surface area contributed by atoms with Crippen LogP contribution in [0.15, 0.2) is 52.9 Å². The lowest BCUT2D eigenvalue weighted by Crippen LogP contribution is -2.01. The number of benzene rings is 2. The Bertz CT molecular complexity index is 1050. The van der Waals surface area contributed by atoms with E-state index in [2.05, 4.69) is 25.8 Å². The third-order valence-electron chi connectivity index (χ3n) is 3.76. The molecular formula is C20H20Cl2N6O2. The van der Waals surface area contributed by atoms with Gasteiger partial charge in [-0.25, -0.2) is 5.43 Å². The first kappa shape index (κ1) is 21.6. The molecule has 1 heterocycles. The molecule has 0 aliphatic rings. The van der Waals surface area contributed by atoms with Gasteiger partial charge in [-0.3, -0.25) is 0 Å². The first-order valence-corrected chi connectivity index (χ1v) is 9.94. The average molecular weight is 447 g/mol. The molecule has 0 aliphatic carbocycles. The van der Waals surface area contributed by atoms with Gasteiger partial charge in [-0.15, -0.1) is 10.2 Å². The number of hydrogen-bond acceptors (Lipinski definition) is 7. The third kappa shape index (κ3) is 5.71. The Hall–Kier alpha value is -3.10. The van der Waals surface area contributed by atoms with Gasteiger partial charge in [-0.2, -0.15) is 14.9 Å². The zero-order valence-corrected chi connectivity index (χ0v) is 17.9. The summed E-state index contributed by atoms with van der Waals surface area (Å²) in [6.07, 6.45) is 4.65. The van der Waals surface area contributed by atoms with E-state index in [4.69, 9.17) is 32.7 Å². The third-order valence-corrected chi connectivity index (χ3v) is 4.23. The van der Waals surface area contributed by atoms with E-state index in [1.54, 1.807) is 48.8 Å². The number of rotatable bonds is 9. The van der Waals surface area contributed by atoms with Crippen LogP contribution in [0.4, 0.5) is 5.95 Å². The van der Waals surface area contributed by atoms with Gasteiger partial charge < -0.3 is 9.47 Å². The van der Waals surface area contributed by atoms with Gasteiger partial charge in [-0.1, -0.05) is 23.2 Å². The Kier molecular flexibility index (Phi) is 7.64. The topological polar surface area (TPSA) is 85.9 Å². The Morgan fingerprint density at radius 1 is 0.967 bits per heavy atom. The van der Waals surface area contributed by atoms with Crippen molar-refractivity contribution in [1.82, 2.24) is 14.9 Å². The van der Waals surface area contributed by atoms with E-state index in [1.807, 2.05) is 13.8 Å². The van der Waals surface area contributed by atoms with Gasteiger partial charge >= 0.3 is 0 Å². The summed E-state index contributed by atoms with van der Waals surface area (Å²) in [5, 5.41) is 17.5. The monoisotopic (exact) mass is 446 g/mol. The maximum absolute atomic E-state index is 6.08. The second-order valence-corrected chi connectivity index (χ2v) is 6.72. The van der Waals surface area contributed by atoms with Crippen LogP contribution in [0.5, 0.6) is 11.5 Å². The average Bonchev–Trinajstić information content (AvgIpc) is 3.17. The molecule has 0 saturated carbocycles. The van der Waals surface area contributed by atoms with E-state index in [0.29, 0.717) is 40.7 Å². The minimum Gasteiger partial charge on any atom is -0.493 e. The molecule has 0 amide bonds. The predicted octanol–water partition coefficient (Wildman–Crippen LogP) is 4.71. The molecule has 156 valence electrons. The zero-order chi connectivity index (χ0) is 21.3. The van der Waals surface area contributed by atoms with E-state index in [9.17, 15) is 0 Å². The van der Waals surface area contributed by atoms with Crippen molar-refractivity contribution in [3.63, 3.8) is 0 Å². The molecule has 1 aromatic heterocycles. The molecule has 0 aliphatic heterocycles. The Morgan fingerprint density at radius 3 is 2.17 bits per heavy atom. The lowest BCUT2D eigenvalue weighted by Gasteiger charge is -2.07. The molecule has 0 bridgehead atoms. The van der Waals surface area contributed by atoms with E-state index in [-0.39, 0.29) is 0 Å². The number of hydrazone groups is 1. The molecule has 0 fully saturated rings. The van der Waals surface area contributed by atoms with Gasteiger partial charge in [0.25, 0.3) is 5.95 Å². The van der Waals surface area contributed by atoms with Crippen LogP contribution >= 0.6 is 23.2 Å². The Balaban J connectivity index is 1.76. The number of anilines is 1. The van der Waals surface area contributed by atoms with Gasteiger partial charge in [0.05, 0.1) is 25.6 Å². The molecule has 30 heavy (non-hydrogen) atoms. The standard InChI is InChI=1S/C20H20Cl2N6O2/c1-3-29-18-7-5-16(21)9-14(18)11-23-26-20-27-24-13-28(20)25-12-15-10-17(22)6-8-19(15)30-4-2/h5-13H,3-4H2,1-2H3,(H,26,27)/b23-11-,25-12+. The van der Waals surface area contributed by atoms with Gasteiger partial charge in [0.1, 0.15) is 17.8 Å². The number of ether oxygens (including phenoxy) is 2. The zero-order valence-electron chi connectivity index (χ0n) is 16.4. The van der Waals surface area contributed by atoms with Crippen molar-refractivity contribution in [3.05, 3.63) is 63.9 Å². The summed E-state index contributed by atoms with van der Waals surface area (Å²) in [4.78, 5) is 0. The van der Waals surface area contributed by atoms with Crippen LogP contribution in [0.2, 0.25) is 10.0 Å². The summed E-state index contributed by atoms with van der Waals surface area (Å²) in [6, 6.07) is 10.6. The van der Waals surface area contributed by atoms with Gasteiger partial charge in [0, 0.05) is 21.2 Å². The predicted molar refractivity (Wildman–Crippen MR) is 119 cm³/mol. The van der Waals surface area contributed by atoms with Crippen molar-refractivity contribution in [2.75, 3.05) is 18.6 Å². The molecule has 3 aromatic rings. The molecule has 0 unspecified atom stereocenters. The molecule has 3 rings (SSSR count). The summed E-state index contributed by atoms with van der Waals surface area (Å²) < 4.78 is 12.6. The van der Waals surface area contributed by atoms with E-state index >= 15 is 0 Å². The number of halogens is 2. The van der Waals surface area contributed by atoms with Crippen LogP contribution in [0.3, 0.4) is 0 Å². The number of nitrogens with zero attached hydrogens (tertiary/aromatic N) is 5. The van der Waals surface area contributed by atoms with Crippen molar-refractivity contribution in [2.24, 2.45) is 10.2 Å². The van der Waals surface area contributed by atoms with Crippen molar-refractivity contribution in [3.8, 4) is 11.5 Å². The fourth-order valence-corrected chi connectivity index (χ4v) is 2.85. The Morgan fingerprint density at radius 2 is 1.57 bits per heavy atom. The molecule has 2 aromatic carbocycles. The number of hydrogen-bond donors (Lipinski definition) is 1. The summed E-state index contributed by atoms with van der Waals surface area (Å²) in [5.41, 5.74) is 4.26. The van der Waals surface area contributed by atoms with Crippen molar-refractivity contribution in [2.45, 2.75) is 13.8 Å². The van der Waals surface area contributed by atoms with Crippen LogP contribution in [0.1, 0.15) is 25.0 Å². The normalized spacial score (nSPS) is 11.3. The molecule has 0 saturated heterocycles. The summed E-state index contributed by atoms with van der Waals surface area (Å²) in [6.45, 7) is 4.88. The van der Waals surface area contributed by atoms with E-state index in [1.165, 1.54) is 11.0 Å². The SMILES string of the molecule is CCOc1ccc(Cl)cc1/C=N\Nc1nncn1/N=C/c1cc(Cl)ccc1OCC. The van der Waals surface area contributed by atoms with Gasteiger partial charge in [-0.05, 0) is 50.2 Å². The highest BCUT2D eigenvalue weighted by atomic mass is 35.5. The number of nitrogens with one attached hydrogen (secondary N) is 1. The highest BCUT2D eigenvalue weighted by Crippen LogP contribution is 2.22. The first-order valence-electron chi connectivity index (χ1n) is 9.18. The van der Waals surface area contributed by atoms with Crippen LogP contribution in [0, 0.1) is 0 Å². The Labute approximate surface area is 184 Å². The van der Waals surface area contributed by atoms with Crippen molar-refractivity contribution in [1.29, 1.82) is 0 Å². The highest BCUT2D eigenvalue weighted by molar-refractivity contribution is 6.31. The number of aromatic nitrogens is 3. The molecule has 8 nitrogen and oxygen atoms in total. The van der Waals surface area contributed by atoms with Crippen LogP contribution in [-0.4, -0.2) is 40.5 Å². The molecule has 1 N–H and O–H groups in total. The quantitative estimate of drug-likeness (QED) is 0.379. The smallest absolute Gasteiger partial charge is 0.265 e. The summed E-state index contributed by atoms with van der Waals surface area (Å²) in [7, 11) is 0. The lowest BCUT2D eigenvalue weighted by molar-refractivity contribution is 0.339. The highest BCUT2D eigenvalue weighted by Gasteiger charge is 2.05. The summed E-state index contributed by atoms with van der Waals surface area (Å²) in [5.74, 6) is 1.68. The second-order valence-electron chi connectivity index (χ2n) is 5.84. The second kappa shape index (κ2) is 10.6. The maximum atomic E-state index is 6.08. The minimum absolute atomic E-state index is 0.322. The molecule has 10 heteroatoms. The maximum Gasteiger partial charge on any atom is 0.265 e. The molecule has 0 spiro atoms. The minimum atomic E-state index is 0.322. The first-order chi connectivity index (χ1) is 14.6. The largest absolute Gasteiger partial charge is 0.493 e. The van der Waals surface area contributed by atoms with Crippen molar-refractivity contribution < 1.29 is 9.47 Å². The van der Waals surface area contributed by atoms with Crippen LogP contribution in [0.25, 0.3) is 0 Å². The fourth-order valence-electron chi connectivity index (χ4n) is 2.49. The summed E-state index contributed by atoms with van der Waals surface area (Å²) >= 11 is 12.1. The fraction of sp³-hybridized carbons (Fsp3) is 0.200. The molecule has 0 atom stereocenters. The van der Waals surface area contributed by atoms with Crippen molar-refractivity contribution >= 4 is 41.6 Å². The molecular weight excluding hydrogens is 427 g/mol. The van der Waals surface area contributed by atoms with Gasteiger partial charge in [0.15, 0.2) is 0 Å². The van der Waals surface area contributed by atoms with E-state index < -0.39 is 0 Å². The molecule has 0 radical (unpaired) electrons.